The Hall–Kier alpha value is -5.08. The number of hydrogen-bond donors (Lipinski definition) is 7. The van der Waals surface area contributed by atoms with Crippen LogP contribution in [0.1, 0.15) is 5.56 Å². The summed E-state index contributed by atoms with van der Waals surface area (Å²) in [5.74, 6) is -1.77. The van der Waals surface area contributed by atoms with E-state index in [2.05, 4.69) is 0 Å². The van der Waals surface area contributed by atoms with E-state index in [0.29, 0.717) is 11.1 Å². The number of rotatable bonds is 7. The molecule has 0 amide bonds. The predicted octanol–water partition coefficient (Wildman–Crippen LogP) is 1.65. The zero-order valence-corrected chi connectivity index (χ0v) is 22.1. The van der Waals surface area contributed by atoms with E-state index in [1.807, 2.05) is 0 Å². The number of fused-ring (bicyclic) bond motifs is 1. The molecule has 0 spiro atoms. The first-order chi connectivity index (χ1) is 20.5. The molecule has 2 heterocycles. The Balaban J connectivity index is 1.37. The number of hydrogen-bond acceptors (Lipinski definition) is 12. The molecule has 8 N–H and O–H groups in total. The van der Waals surface area contributed by atoms with E-state index in [0.717, 1.165) is 18.2 Å². The highest BCUT2D eigenvalue weighted by Gasteiger charge is 2.47. The van der Waals surface area contributed by atoms with Crippen LogP contribution in [0.5, 0.6) is 28.7 Å². The number of carbonyl (C=O) groups excluding carboxylic acids is 1. The molecule has 0 bridgehead atoms. The summed E-state index contributed by atoms with van der Waals surface area (Å²) in [6.07, 6.45) is -5.62. The van der Waals surface area contributed by atoms with Gasteiger partial charge in [0.25, 0.3) is 0 Å². The number of ether oxygens (including phenoxy) is 3. The second-order valence-corrected chi connectivity index (χ2v) is 9.70. The van der Waals surface area contributed by atoms with Gasteiger partial charge in [-0.05, 0) is 54.1 Å². The van der Waals surface area contributed by atoms with Gasteiger partial charge in [0.1, 0.15) is 35.6 Å². The average molecular weight is 596 g/mol. The summed E-state index contributed by atoms with van der Waals surface area (Å²) in [4.78, 5) is 22.1. The van der Waals surface area contributed by atoms with Crippen LogP contribution in [-0.4, -0.2) is 83.8 Å². The fourth-order valence-corrected chi connectivity index (χ4v) is 4.38. The summed E-state index contributed by atoms with van der Waals surface area (Å²) in [6, 6.07) is 13.2. The predicted molar refractivity (Wildman–Crippen MR) is 149 cm³/mol. The van der Waals surface area contributed by atoms with Gasteiger partial charge < -0.3 is 59.2 Å². The standard InChI is InChI=1S/C30H26O13/c31-16-5-3-15(4-6-16)29-23(12-18-20(34)10-17(32)11-22(18)41-29)42-30-28(39)27(38)26(37)24(43-30)13-40-25(36)8-2-14-1-7-19(33)21(35)9-14/h1-12,24,26-28,30-31,33-35,37-39H,13H2/p+1/t24-,26-,27+,28-,30-/m1/s1. The third-order valence-corrected chi connectivity index (χ3v) is 6.66. The molecule has 0 radical (unpaired) electrons. The number of benzene rings is 3. The molecular formula is C30H27O13+. The highest BCUT2D eigenvalue weighted by Crippen LogP contribution is 2.41. The second kappa shape index (κ2) is 12.0. The van der Waals surface area contributed by atoms with Gasteiger partial charge in [0.15, 0.2) is 34.5 Å². The lowest BCUT2D eigenvalue weighted by molar-refractivity contribution is -0.276. The number of phenols is 4. The molecule has 43 heavy (non-hydrogen) atoms. The maximum absolute atomic E-state index is 11.9. The van der Waals surface area contributed by atoms with Gasteiger partial charge in [-0.3, -0.25) is 4.79 Å². The molecule has 2 aliphatic heterocycles. The maximum Gasteiger partial charge on any atom is 0.510 e. The second-order valence-electron chi connectivity index (χ2n) is 9.70. The van der Waals surface area contributed by atoms with Crippen LogP contribution in [-0.2, 0) is 9.47 Å². The van der Waals surface area contributed by atoms with Crippen LogP contribution in [0.25, 0.3) is 28.7 Å². The van der Waals surface area contributed by atoms with E-state index in [4.69, 9.17) is 18.6 Å². The third-order valence-electron chi connectivity index (χ3n) is 6.66. The van der Waals surface area contributed by atoms with Gasteiger partial charge in [-0.1, -0.05) is 6.07 Å². The summed E-state index contributed by atoms with van der Waals surface area (Å²) in [5, 5.41) is 70.7. The lowest BCUT2D eigenvalue weighted by Crippen LogP contribution is -2.60. The molecule has 1 saturated heterocycles. The van der Waals surface area contributed by atoms with Crippen LogP contribution in [0, 0.1) is 0 Å². The highest BCUT2D eigenvalue weighted by atomic mass is 16.7. The molecule has 0 unspecified atom stereocenters. The van der Waals surface area contributed by atoms with Crippen molar-refractivity contribution in [3.63, 3.8) is 0 Å². The van der Waals surface area contributed by atoms with Crippen molar-refractivity contribution in [1.29, 1.82) is 0 Å². The fraction of sp³-hybridized carbons (Fsp3) is 0.200. The molecule has 1 aliphatic carbocycles. The molecular weight excluding hydrogens is 568 g/mol. The summed E-state index contributed by atoms with van der Waals surface area (Å²) >= 11 is 0. The van der Waals surface area contributed by atoms with Gasteiger partial charge in [0, 0.05) is 17.7 Å². The number of esters is 1. The number of phenolic OH excluding ortho intramolecular Hbond substituents is 4. The molecule has 2 aromatic rings. The molecule has 5 rings (SSSR count). The fourth-order valence-electron chi connectivity index (χ4n) is 4.38. The van der Waals surface area contributed by atoms with Crippen molar-refractivity contribution in [1.82, 2.24) is 0 Å². The van der Waals surface area contributed by atoms with E-state index in [1.165, 1.54) is 54.6 Å². The summed E-state index contributed by atoms with van der Waals surface area (Å²) in [6.45, 7) is -0.498. The highest BCUT2D eigenvalue weighted by molar-refractivity contribution is 5.88. The van der Waals surface area contributed by atoms with Crippen molar-refractivity contribution in [2.24, 2.45) is 0 Å². The maximum atomic E-state index is 11.9. The Morgan fingerprint density at radius 3 is 2.33 bits per heavy atom. The van der Waals surface area contributed by atoms with Gasteiger partial charge in [0.05, 0.1) is 11.6 Å². The summed E-state index contributed by atoms with van der Waals surface area (Å²) in [7, 11) is 0. The van der Waals surface area contributed by atoms with Gasteiger partial charge in [-0.15, -0.1) is 0 Å². The molecule has 5 atom stereocenters. The van der Waals surface area contributed by atoms with Gasteiger partial charge in [-0.2, -0.15) is 0 Å². The van der Waals surface area contributed by atoms with E-state index >= 15 is 0 Å². The van der Waals surface area contributed by atoms with Crippen LogP contribution < -0.4 is 10.2 Å². The first-order valence-electron chi connectivity index (χ1n) is 12.9. The molecule has 1 fully saturated rings. The average Bonchev–Trinajstić information content (AvgIpc) is 2.97. The molecule has 2 aromatic carbocycles. The molecule has 0 aromatic heterocycles. The Labute approximate surface area is 242 Å². The number of aliphatic hydroxyl groups excluding tert-OH is 3. The lowest BCUT2D eigenvalue weighted by atomic mass is 9.99. The smallest absolute Gasteiger partial charge is 0.508 e. The van der Waals surface area contributed by atoms with E-state index in [-0.39, 0.29) is 40.1 Å². The molecule has 3 aliphatic rings. The van der Waals surface area contributed by atoms with Crippen LogP contribution in [0.2, 0.25) is 0 Å². The zero-order chi connectivity index (χ0) is 30.8. The monoisotopic (exact) mass is 595 g/mol. The van der Waals surface area contributed by atoms with Crippen molar-refractivity contribution in [2.75, 3.05) is 6.61 Å². The lowest BCUT2D eigenvalue weighted by Gasteiger charge is -2.39. The quantitative estimate of drug-likeness (QED) is 0.0702. The van der Waals surface area contributed by atoms with Crippen LogP contribution in [0.4, 0.5) is 0 Å². The van der Waals surface area contributed by atoms with E-state index in [1.54, 1.807) is 0 Å². The minimum Gasteiger partial charge on any atom is -0.508 e. The third kappa shape index (κ3) is 6.39. The van der Waals surface area contributed by atoms with Crippen LogP contribution in [0.3, 0.4) is 0 Å². The first kappa shape index (κ1) is 29.4. The molecule has 224 valence electrons. The van der Waals surface area contributed by atoms with E-state index in [9.17, 15) is 45.3 Å². The van der Waals surface area contributed by atoms with Crippen molar-refractivity contribution in [3.05, 3.63) is 82.5 Å². The van der Waals surface area contributed by atoms with Gasteiger partial charge in [-0.25, -0.2) is 0 Å². The summed E-state index contributed by atoms with van der Waals surface area (Å²) in [5.41, 5.74) is 0.385. The van der Waals surface area contributed by atoms with Crippen LogP contribution in [0.15, 0.2) is 76.0 Å². The van der Waals surface area contributed by atoms with Crippen molar-refractivity contribution >= 4 is 12.0 Å². The Morgan fingerprint density at radius 1 is 0.860 bits per heavy atom. The summed E-state index contributed by atoms with van der Waals surface area (Å²) < 4.78 is 22.7. The Kier molecular flexibility index (Phi) is 8.23. The number of aromatic hydroxyl groups is 4. The van der Waals surface area contributed by atoms with Crippen molar-refractivity contribution < 1.29 is 59.2 Å². The molecule has 13 nitrogen and oxygen atoms in total. The normalized spacial score (nSPS) is 22.1. The first-order valence-corrected chi connectivity index (χ1v) is 12.9. The SMILES string of the molecule is O=c1cc2oc(-c3ccc(O)cc3)c(O[C@@H]3O[C@H](COC(=[OH+])C=Cc4ccc(O)c(O)c4)[C@@H](O)[C@H](O)[C@H]3O)cc-2c(O)c1. The number of aliphatic hydroxyl groups is 3. The largest absolute Gasteiger partial charge is 0.510 e. The van der Waals surface area contributed by atoms with Crippen molar-refractivity contribution in [2.45, 2.75) is 30.7 Å². The topological polar surface area (TPSA) is 221 Å². The Bertz CT molecular complexity index is 1680. The van der Waals surface area contributed by atoms with Crippen LogP contribution >= 0.6 is 0 Å². The minimum atomic E-state index is -1.77. The van der Waals surface area contributed by atoms with Gasteiger partial charge in [0.2, 0.25) is 12.9 Å². The Morgan fingerprint density at radius 2 is 1.60 bits per heavy atom. The van der Waals surface area contributed by atoms with Gasteiger partial charge >= 0.3 is 5.97 Å². The van der Waals surface area contributed by atoms with Crippen molar-refractivity contribution in [3.8, 4) is 51.4 Å². The molecule has 0 saturated carbocycles. The zero-order valence-electron chi connectivity index (χ0n) is 22.1. The van der Waals surface area contributed by atoms with E-state index < -0.39 is 54.5 Å². The minimum absolute atomic E-state index is 0.0221. The molecule has 13 heteroatoms.